The number of pyridine rings is 1. The molecule has 0 bridgehead atoms. The van der Waals surface area contributed by atoms with Gasteiger partial charge >= 0.3 is 5.97 Å². The summed E-state index contributed by atoms with van der Waals surface area (Å²) in [5, 5.41) is 9.10. The van der Waals surface area contributed by atoms with E-state index in [1.165, 1.54) is 0 Å². The fourth-order valence-corrected chi connectivity index (χ4v) is 2.17. The molecule has 1 aliphatic rings. The molecule has 0 atom stereocenters. The Morgan fingerprint density at radius 1 is 1.50 bits per heavy atom. The van der Waals surface area contributed by atoms with Crippen LogP contribution in [-0.2, 0) is 6.42 Å². The first-order chi connectivity index (χ1) is 8.60. The van der Waals surface area contributed by atoms with Crippen LogP contribution in [0, 0.1) is 0 Å². The molecular weight excluding hydrogens is 230 g/mol. The highest BCUT2D eigenvalue weighted by atomic mass is 16.4. The fourth-order valence-electron chi connectivity index (χ4n) is 2.17. The third-order valence-corrected chi connectivity index (χ3v) is 3.34. The van der Waals surface area contributed by atoms with Gasteiger partial charge in [-0.05, 0) is 31.4 Å². The number of aromatic carboxylic acids is 1. The Labute approximate surface area is 107 Å². The number of hydrogen-bond donors (Lipinski definition) is 2. The van der Waals surface area contributed by atoms with E-state index in [0.717, 1.165) is 43.9 Å². The molecule has 0 aromatic carbocycles. The number of carboxylic acid groups (broad SMARTS) is 1. The van der Waals surface area contributed by atoms with Gasteiger partial charge in [0.2, 0.25) is 0 Å². The van der Waals surface area contributed by atoms with Crippen molar-refractivity contribution in [3.05, 3.63) is 23.4 Å². The van der Waals surface area contributed by atoms with Crippen molar-refractivity contribution in [2.45, 2.75) is 32.2 Å². The molecule has 1 aromatic heterocycles. The van der Waals surface area contributed by atoms with Crippen molar-refractivity contribution >= 4 is 11.8 Å². The van der Waals surface area contributed by atoms with E-state index >= 15 is 0 Å². The molecule has 0 radical (unpaired) electrons. The van der Waals surface area contributed by atoms with Crippen molar-refractivity contribution in [3.8, 4) is 0 Å². The van der Waals surface area contributed by atoms with Crippen molar-refractivity contribution in [2.75, 3.05) is 18.0 Å². The zero-order chi connectivity index (χ0) is 13.1. The molecule has 5 nitrogen and oxygen atoms in total. The minimum Gasteiger partial charge on any atom is -0.478 e. The number of rotatable bonds is 3. The zero-order valence-corrected chi connectivity index (χ0v) is 10.6. The normalized spacial score (nSPS) is 16.9. The maximum Gasteiger partial charge on any atom is 0.335 e. The molecule has 0 unspecified atom stereocenters. The molecule has 1 fully saturated rings. The third kappa shape index (κ3) is 2.79. The van der Waals surface area contributed by atoms with E-state index in [0.29, 0.717) is 5.56 Å². The average Bonchev–Trinajstić information content (AvgIpc) is 2.39. The van der Waals surface area contributed by atoms with E-state index < -0.39 is 5.97 Å². The Morgan fingerprint density at radius 2 is 2.17 bits per heavy atom. The molecule has 0 amide bonds. The Balaban J connectivity index is 2.26. The first kappa shape index (κ1) is 12.8. The van der Waals surface area contributed by atoms with Crippen LogP contribution in [0.1, 0.15) is 35.8 Å². The Hall–Kier alpha value is -1.62. The molecule has 98 valence electrons. The van der Waals surface area contributed by atoms with Crippen molar-refractivity contribution in [1.82, 2.24) is 4.98 Å². The van der Waals surface area contributed by atoms with Crippen LogP contribution in [0.3, 0.4) is 0 Å². The molecule has 1 saturated heterocycles. The van der Waals surface area contributed by atoms with Gasteiger partial charge in [-0.25, -0.2) is 9.78 Å². The van der Waals surface area contributed by atoms with E-state index in [-0.39, 0.29) is 6.04 Å². The smallest absolute Gasteiger partial charge is 0.335 e. The number of nitrogens with zero attached hydrogens (tertiary/aromatic N) is 2. The maximum atomic E-state index is 11.1. The van der Waals surface area contributed by atoms with Crippen LogP contribution in [0.2, 0.25) is 0 Å². The van der Waals surface area contributed by atoms with E-state index in [1.807, 2.05) is 6.92 Å². The molecule has 0 aliphatic carbocycles. The van der Waals surface area contributed by atoms with Crippen LogP contribution in [0.5, 0.6) is 0 Å². The summed E-state index contributed by atoms with van der Waals surface area (Å²) >= 11 is 0. The monoisotopic (exact) mass is 249 g/mol. The number of carbonyl (C=O) groups is 1. The summed E-state index contributed by atoms with van der Waals surface area (Å²) in [6.45, 7) is 3.67. The van der Waals surface area contributed by atoms with E-state index in [1.54, 1.807) is 12.1 Å². The Morgan fingerprint density at radius 3 is 2.72 bits per heavy atom. The van der Waals surface area contributed by atoms with E-state index in [2.05, 4.69) is 9.88 Å². The molecule has 18 heavy (non-hydrogen) atoms. The number of nitrogens with two attached hydrogens (primary N) is 1. The summed E-state index contributed by atoms with van der Waals surface area (Å²) in [4.78, 5) is 17.7. The minimum atomic E-state index is -0.901. The van der Waals surface area contributed by atoms with Gasteiger partial charge in [0.05, 0.1) is 5.56 Å². The van der Waals surface area contributed by atoms with Crippen LogP contribution in [0.25, 0.3) is 0 Å². The molecule has 2 rings (SSSR count). The summed E-state index contributed by atoms with van der Waals surface area (Å²) < 4.78 is 0. The molecule has 2 heterocycles. The zero-order valence-electron chi connectivity index (χ0n) is 10.6. The van der Waals surface area contributed by atoms with Crippen molar-refractivity contribution < 1.29 is 9.90 Å². The topological polar surface area (TPSA) is 79.5 Å². The van der Waals surface area contributed by atoms with Crippen LogP contribution >= 0.6 is 0 Å². The van der Waals surface area contributed by atoms with Gasteiger partial charge in [0.1, 0.15) is 5.82 Å². The minimum absolute atomic E-state index is 0.259. The van der Waals surface area contributed by atoms with Gasteiger partial charge in [0.15, 0.2) is 0 Å². The molecule has 0 saturated carbocycles. The molecule has 5 heteroatoms. The lowest BCUT2D eigenvalue weighted by Gasteiger charge is -2.31. The SMILES string of the molecule is CCc1cc(C(=O)O)cc(N2CCC(N)CC2)n1. The van der Waals surface area contributed by atoms with E-state index in [4.69, 9.17) is 10.8 Å². The summed E-state index contributed by atoms with van der Waals surface area (Å²) in [6, 6.07) is 3.55. The first-order valence-electron chi connectivity index (χ1n) is 6.35. The number of hydrogen-bond acceptors (Lipinski definition) is 4. The summed E-state index contributed by atoms with van der Waals surface area (Å²) in [6.07, 6.45) is 2.60. The quantitative estimate of drug-likeness (QED) is 0.843. The predicted octanol–water partition coefficient (Wildman–Crippen LogP) is 1.27. The lowest BCUT2D eigenvalue weighted by molar-refractivity contribution is 0.0696. The number of anilines is 1. The van der Waals surface area contributed by atoms with E-state index in [9.17, 15) is 4.79 Å². The number of aromatic nitrogens is 1. The second-order valence-electron chi connectivity index (χ2n) is 4.69. The van der Waals surface area contributed by atoms with Crippen molar-refractivity contribution in [2.24, 2.45) is 5.73 Å². The van der Waals surface area contributed by atoms with Gasteiger partial charge in [-0.2, -0.15) is 0 Å². The second kappa shape index (κ2) is 5.35. The highest BCUT2D eigenvalue weighted by Crippen LogP contribution is 2.20. The summed E-state index contributed by atoms with van der Waals surface area (Å²) in [7, 11) is 0. The summed E-state index contributed by atoms with van der Waals surface area (Å²) in [5.74, 6) is -0.138. The number of aryl methyl sites for hydroxylation is 1. The van der Waals surface area contributed by atoms with Gasteiger partial charge in [0, 0.05) is 24.8 Å². The largest absolute Gasteiger partial charge is 0.478 e. The Kier molecular flexibility index (Phi) is 3.81. The second-order valence-corrected chi connectivity index (χ2v) is 4.69. The standard InChI is InChI=1S/C13H19N3O2/c1-2-11-7-9(13(17)18)8-12(15-11)16-5-3-10(14)4-6-16/h7-8,10H,2-6,14H2,1H3,(H,17,18). The highest BCUT2D eigenvalue weighted by molar-refractivity contribution is 5.88. The molecule has 1 aromatic rings. The predicted molar refractivity (Wildman–Crippen MR) is 70.0 cm³/mol. The van der Waals surface area contributed by atoms with Crippen molar-refractivity contribution in [1.29, 1.82) is 0 Å². The molecule has 3 N–H and O–H groups in total. The number of carboxylic acids is 1. The van der Waals surface area contributed by atoms with Gasteiger partial charge in [0.25, 0.3) is 0 Å². The van der Waals surface area contributed by atoms with Gasteiger partial charge in [-0.1, -0.05) is 6.92 Å². The third-order valence-electron chi connectivity index (χ3n) is 3.34. The lowest BCUT2D eigenvalue weighted by Crippen LogP contribution is -2.40. The average molecular weight is 249 g/mol. The van der Waals surface area contributed by atoms with Crippen LogP contribution < -0.4 is 10.6 Å². The first-order valence-corrected chi connectivity index (χ1v) is 6.35. The fraction of sp³-hybridized carbons (Fsp3) is 0.538. The van der Waals surface area contributed by atoms with Gasteiger partial charge in [-0.3, -0.25) is 0 Å². The van der Waals surface area contributed by atoms with Crippen LogP contribution in [0.15, 0.2) is 12.1 Å². The molecule has 0 spiro atoms. The lowest BCUT2D eigenvalue weighted by atomic mass is 10.1. The van der Waals surface area contributed by atoms with Crippen LogP contribution in [-0.4, -0.2) is 35.2 Å². The van der Waals surface area contributed by atoms with Gasteiger partial charge in [-0.15, -0.1) is 0 Å². The number of piperidine rings is 1. The maximum absolute atomic E-state index is 11.1. The molecular formula is C13H19N3O2. The Bertz CT molecular complexity index is 440. The van der Waals surface area contributed by atoms with Crippen LogP contribution in [0.4, 0.5) is 5.82 Å². The van der Waals surface area contributed by atoms with Crippen molar-refractivity contribution in [3.63, 3.8) is 0 Å². The van der Waals surface area contributed by atoms with Gasteiger partial charge < -0.3 is 15.7 Å². The highest BCUT2D eigenvalue weighted by Gasteiger charge is 2.19. The molecule has 1 aliphatic heterocycles. The summed E-state index contributed by atoms with van der Waals surface area (Å²) in [5.41, 5.74) is 7.00.